The van der Waals surface area contributed by atoms with Crippen molar-refractivity contribution in [3.8, 4) is 5.82 Å². The van der Waals surface area contributed by atoms with Crippen LogP contribution < -0.4 is 5.32 Å². The normalized spacial score (nSPS) is 15.0. The molecule has 0 atom stereocenters. The number of rotatable bonds is 4. The van der Waals surface area contributed by atoms with E-state index in [2.05, 4.69) is 15.4 Å². The number of aryl methyl sites for hydroxylation is 1. The summed E-state index contributed by atoms with van der Waals surface area (Å²) in [4.78, 5) is 4.56. The van der Waals surface area contributed by atoms with Gasteiger partial charge in [-0.25, -0.2) is 9.67 Å². The zero-order valence-electron chi connectivity index (χ0n) is 10.2. The van der Waals surface area contributed by atoms with Gasteiger partial charge in [-0.1, -0.05) is 11.6 Å². The zero-order chi connectivity index (χ0) is 12.5. The highest BCUT2D eigenvalue weighted by atomic mass is 35.5. The number of aromatic nitrogens is 3. The van der Waals surface area contributed by atoms with Gasteiger partial charge in [-0.05, 0) is 37.5 Å². The SMILES string of the molecule is Cc1cnn(-c2ccc(Cl)c(CNC3CC3)n2)c1. The summed E-state index contributed by atoms with van der Waals surface area (Å²) in [5, 5.41) is 8.38. The van der Waals surface area contributed by atoms with Crippen molar-refractivity contribution < 1.29 is 0 Å². The third-order valence-corrected chi connectivity index (χ3v) is 3.33. The molecule has 0 aliphatic heterocycles. The van der Waals surface area contributed by atoms with Crippen LogP contribution in [0.25, 0.3) is 5.82 Å². The lowest BCUT2D eigenvalue weighted by Gasteiger charge is -2.07. The lowest BCUT2D eigenvalue weighted by atomic mass is 10.3. The second kappa shape index (κ2) is 4.71. The Morgan fingerprint density at radius 2 is 2.28 bits per heavy atom. The predicted octanol–water partition coefficient (Wildman–Crippen LogP) is 2.48. The number of nitrogens with zero attached hydrogens (tertiary/aromatic N) is 3. The first-order chi connectivity index (χ1) is 8.72. The quantitative estimate of drug-likeness (QED) is 0.921. The molecule has 0 spiro atoms. The summed E-state index contributed by atoms with van der Waals surface area (Å²) in [7, 11) is 0. The van der Waals surface area contributed by atoms with Gasteiger partial charge in [0.1, 0.15) is 0 Å². The summed E-state index contributed by atoms with van der Waals surface area (Å²) in [5.41, 5.74) is 2.00. The van der Waals surface area contributed by atoms with E-state index in [9.17, 15) is 0 Å². The second-order valence-corrected chi connectivity index (χ2v) is 5.12. The van der Waals surface area contributed by atoms with Crippen molar-refractivity contribution in [2.75, 3.05) is 0 Å². The van der Waals surface area contributed by atoms with Gasteiger partial charge in [0.05, 0.1) is 16.9 Å². The molecule has 4 nitrogen and oxygen atoms in total. The Kier molecular flexibility index (Phi) is 3.06. The highest BCUT2D eigenvalue weighted by Crippen LogP contribution is 2.21. The van der Waals surface area contributed by atoms with Crippen molar-refractivity contribution in [2.24, 2.45) is 0 Å². The highest BCUT2D eigenvalue weighted by molar-refractivity contribution is 6.31. The number of hydrogen-bond acceptors (Lipinski definition) is 3. The second-order valence-electron chi connectivity index (χ2n) is 4.72. The third-order valence-electron chi connectivity index (χ3n) is 2.99. The Hall–Kier alpha value is -1.39. The molecule has 2 aromatic heterocycles. The molecule has 5 heteroatoms. The minimum absolute atomic E-state index is 0.651. The van der Waals surface area contributed by atoms with Crippen LogP contribution in [-0.4, -0.2) is 20.8 Å². The van der Waals surface area contributed by atoms with E-state index >= 15 is 0 Å². The standard InChI is InChI=1S/C13H15ClN4/c1-9-6-16-18(8-9)13-5-4-11(14)12(17-13)7-15-10-2-3-10/h4-6,8,10,15H,2-3,7H2,1H3. The van der Waals surface area contributed by atoms with E-state index in [1.165, 1.54) is 12.8 Å². The molecule has 1 saturated carbocycles. The fraction of sp³-hybridized carbons (Fsp3) is 0.385. The van der Waals surface area contributed by atoms with Gasteiger partial charge in [0.25, 0.3) is 0 Å². The largest absolute Gasteiger partial charge is 0.308 e. The van der Waals surface area contributed by atoms with Gasteiger partial charge >= 0.3 is 0 Å². The first kappa shape index (κ1) is 11.7. The smallest absolute Gasteiger partial charge is 0.153 e. The van der Waals surface area contributed by atoms with Crippen molar-refractivity contribution in [3.05, 3.63) is 40.8 Å². The molecule has 0 radical (unpaired) electrons. The summed E-state index contributed by atoms with van der Waals surface area (Å²) < 4.78 is 1.77. The lowest BCUT2D eigenvalue weighted by Crippen LogP contribution is -2.17. The van der Waals surface area contributed by atoms with Crippen LogP contribution in [0.1, 0.15) is 24.1 Å². The van der Waals surface area contributed by atoms with E-state index in [0.717, 1.165) is 23.6 Å². The van der Waals surface area contributed by atoms with Crippen LogP contribution in [0, 0.1) is 6.92 Å². The molecule has 0 unspecified atom stereocenters. The molecule has 1 fully saturated rings. The topological polar surface area (TPSA) is 42.7 Å². The third kappa shape index (κ3) is 2.54. The van der Waals surface area contributed by atoms with E-state index in [0.29, 0.717) is 11.1 Å². The van der Waals surface area contributed by atoms with Crippen LogP contribution in [0.5, 0.6) is 0 Å². The van der Waals surface area contributed by atoms with Crippen molar-refractivity contribution in [2.45, 2.75) is 32.4 Å². The van der Waals surface area contributed by atoms with Crippen molar-refractivity contribution in [1.82, 2.24) is 20.1 Å². The molecule has 0 saturated heterocycles. The summed E-state index contributed by atoms with van der Waals surface area (Å²) in [6.45, 7) is 2.73. The minimum Gasteiger partial charge on any atom is -0.308 e. The lowest BCUT2D eigenvalue weighted by molar-refractivity contribution is 0.670. The number of nitrogens with one attached hydrogen (secondary N) is 1. The maximum Gasteiger partial charge on any atom is 0.153 e. The summed E-state index contributed by atoms with van der Waals surface area (Å²) in [5.74, 6) is 0.806. The predicted molar refractivity (Wildman–Crippen MR) is 71.0 cm³/mol. The average Bonchev–Trinajstić information content (AvgIpc) is 3.09. The maximum atomic E-state index is 6.16. The van der Waals surface area contributed by atoms with Crippen LogP contribution in [0.3, 0.4) is 0 Å². The number of halogens is 1. The molecule has 0 bridgehead atoms. The fourth-order valence-electron chi connectivity index (χ4n) is 1.79. The molecule has 2 heterocycles. The van der Waals surface area contributed by atoms with E-state index in [1.807, 2.05) is 31.5 Å². The van der Waals surface area contributed by atoms with E-state index in [-0.39, 0.29) is 0 Å². The summed E-state index contributed by atoms with van der Waals surface area (Å²) in [6, 6.07) is 4.42. The first-order valence-electron chi connectivity index (χ1n) is 6.13. The summed E-state index contributed by atoms with van der Waals surface area (Å²) >= 11 is 6.16. The fourth-order valence-corrected chi connectivity index (χ4v) is 1.96. The van der Waals surface area contributed by atoms with E-state index in [1.54, 1.807) is 4.68 Å². The molecule has 3 rings (SSSR count). The van der Waals surface area contributed by atoms with Gasteiger partial charge < -0.3 is 5.32 Å². The highest BCUT2D eigenvalue weighted by Gasteiger charge is 2.20. The van der Waals surface area contributed by atoms with E-state index in [4.69, 9.17) is 11.6 Å². The van der Waals surface area contributed by atoms with Gasteiger partial charge in [0, 0.05) is 18.8 Å². The molecular weight excluding hydrogens is 248 g/mol. The Balaban J connectivity index is 1.84. The average molecular weight is 263 g/mol. The molecule has 18 heavy (non-hydrogen) atoms. The number of hydrogen-bond donors (Lipinski definition) is 1. The van der Waals surface area contributed by atoms with Crippen LogP contribution in [0.4, 0.5) is 0 Å². The Morgan fingerprint density at radius 1 is 1.44 bits per heavy atom. The van der Waals surface area contributed by atoms with Gasteiger partial charge in [0.15, 0.2) is 5.82 Å². The molecule has 94 valence electrons. The Labute approximate surface area is 111 Å². The molecule has 0 aromatic carbocycles. The summed E-state index contributed by atoms with van der Waals surface area (Å²) in [6.07, 6.45) is 6.29. The van der Waals surface area contributed by atoms with Crippen LogP contribution >= 0.6 is 11.6 Å². The van der Waals surface area contributed by atoms with Gasteiger partial charge in [-0.15, -0.1) is 0 Å². The molecule has 1 aliphatic carbocycles. The van der Waals surface area contributed by atoms with Crippen LogP contribution in [0.2, 0.25) is 5.02 Å². The van der Waals surface area contributed by atoms with Crippen molar-refractivity contribution >= 4 is 11.6 Å². The monoisotopic (exact) mass is 262 g/mol. The van der Waals surface area contributed by atoms with Crippen molar-refractivity contribution in [3.63, 3.8) is 0 Å². The Morgan fingerprint density at radius 3 is 2.94 bits per heavy atom. The van der Waals surface area contributed by atoms with E-state index < -0.39 is 0 Å². The number of pyridine rings is 1. The molecule has 0 amide bonds. The first-order valence-corrected chi connectivity index (χ1v) is 6.50. The molecule has 1 N–H and O–H groups in total. The molecular formula is C13H15ClN4. The maximum absolute atomic E-state index is 6.16. The van der Waals surface area contributed by atoms with Gasteiger partial charge in [-0.2, -0.15) is 5.10 Å². The van der Waals surface area contributed by atoms with Gasteiger partial charge in [0.2, 0.25) is 0 Å². The Bertz CT molecular complexity index is 560. The van der Waals surface area contributed by atoms with Crippen LogP contribution in [0.15, 0.2) is 24.5 Å². The van der Waals surface area contributed by atoms with Gasteiger partial charge in [-0.3, -0.25) is 0 Å². The van der Waals surface area contributed by atoms with Crippen molar-refractivity contribution in [1.29, 1.82) is 0 Å². The van der Waals surface area contributed by atoms with Crippen LogP contribution in [-0.2, 0) is 6.54 Å². The zero-order valence-corrected chi connectivity index (χ0v) is 11.0. The molecule has 1 aliphatic rings. The molecule has 2 aromatic rings. The minimum atomic E-state index is 0.651.